The van der Waals surface area contributed by atoms with E-state index in [0.29, 0.717) is 6.42 Å². The van der Waals surface area contributed by atoms with Crippen LogP contribution in [0.1, 0.15) is 18.4 Å². The molecule has 1 aromatic carbocycles. The van der Waals surface area contributed by atoms with Gasteiger partial charge in [0.2, 0.25) is 0 Å². The first-order valence-corrected chi connectivity index (χ1v) is 7.53. The van der Waals surface area contributed by atoms with Gasteiger partial charge in [-0.1, -0.05) is 0 Å². The molecule has 2 rings (SSSR count). The highest BCUT2D eigenvalue weighted by atomic mass is 16.5. The molecule has 1 aromatic heterocycles. The van der Waals surface area contributed by atoms with Gasteiger partial charge in [0, 0.05) is 36.6 Å². The molecule has 0 bridgehead atoms. The Balaban J connectivity index is 2.29. The third-order valence-corrected chi connectivity index (χ3v) is 3.79. The molecular weight excluding hydrogens is 280 g/mol. The highest BCUT2D eigenvalue weighted by Crippen LogP contribution is 2.27. The molecule has 0 amide bonds. The summed E-state index contributed by atoms with van der Waals surface area (Å²) in [6, 6.07) is 6.06. The summed E-state index contributed by atoms with van der Waals surface area (Å²) in [5.41, 5.74) is 2.41. The van der Waals surface area contributed by atoms with Crippen molar-refractivity contribution in [1.29, 1.82) is 0 Å². The number of carboxylic acid groups (broad SMARTS) is 1. The number of aromatic nitrogens is 1. The number of likely N-dealkylation sites (N-methyl/N-ethyl adjacent to an activating group) is 1. The van der Waals surface area contributed by atoms with E-state index in [1.807, 2.05) is 12.1 Å². The largest absolute Gasteiger partial charge is 0.497 e. The van der Waals surface area contributed by atoms with E-state index < -0.39 is 5.97 Å². The topological polar surface area (TPSA) is 54.7 Å². The maximum absolute atomic E-state index is 10.7. The van der Waals surface area contributed by atoms with Crippen LogP contribution in [0, 0.1) is 0 Å². The second kappa shape index (κ2) is 7.31. The van der Waals surface area contributed by atoms with Crippen LogP contribution in [-0.4, -0.2) is 48.3 Å². The third-order valence-electron chi connectivity index (χ3n) is 3.79. The van der Waals surface area contributed by atoms with Crippen LogP contribution < -0.4 is 4.74 Å². The van der Waals surface area contributed by atoms with Gasteiger partial charge in [0.05, 0.1) is 7.11 Å². The van der Waals surface area contributed by atoms with Crippen molar-refractivity contribution in [2.24, 2.45) is 0 Å². The summed E-state index contributed by atoms with van der Waals surface area (Å²) >= 11 is 0. The molecule has 0 unspecified atom stereocenters. The Morgan fingerprint density at radius 3 is 2.77 bits per heavy atom. The lowest BCUT2D eigenvalue weighted by molar-refractivity contribution is -0.137. The SMILES string of the molecule is COc1ccc2c(c1)c(CCN(C)C)cn2CCCC(=O)O. The molecule has 0 saturated heterocycles. The number of methoxy groups -OCH3 is 1. The van der Waals surface area contributed by atoms with Gasteiger partial charge in [-0.15, -0.1) is 0 Å². The molecule has 0 saturated carbocycles. The number of hydrogen-bond acceptors (Lipinski definition) is 3. The van der Waals surface area contributed by atoms with Gasteiger partial charge in [-0.2, -0.15) is 0 Å². The number of aliphatic carboxylic acids is 1. The molecule has 0 radical (unpaired) electrons. The molecular formula is C17H24N2O3. The molecule has 0 fully saturated rings. The van der Waals surface area contributed by atoms with E-state index in [-0.39, 0.29) is 6.42 Å². The number of aryl methyl sites for hydroxylation is 1. The van der Waals surface area contributed by atoms with Crippen LogP contribution in [0.15, 0.2) is 24.4 Å². The molecule has 0 spiro atoms. The minimum atomic E-state index is -0.744. The maximum atomic E-state index is 10.7. The first-order chi connectivity index (χ1) is 10.5. The lowest BCUT2D eigenvalue weighted by Crippen LogP contribution is -2.14. The van der Waals surface area contributed by atoms with Gasteiger partial charge in [0.25, 0.3) is 0 Å². The minimum Gasteiger partial charge on any atom is -0.497 e. The molecule has 0 aliphatic rings. The zero-order valence-electron chi connectivity index (χ0n) is 13.5. The van der Waals surface area contributed by atoms with Gasteiger partial charge in [-0.3, -0.25) is 4.79 Å². The van der Waals surface area contributed by atoms with Gasteiger partial charge >= 0.3 is 5.97 Å². The number of rotatable bonds is 8. The highest BCUT2D eigenvalue weighted by Gasteiger charge is 2.10. The van der Waals surface area contributed by atoms with Crippen molar-refractivity contribution in [1.82, 2.24) is 9.47 Å². The van der Waals surface area contributed by atoms with E-state index in [2.05, 4.69) is 35.8 Å². The van der Waals surface area contributed by atoms with E-state index >= 15 is 0 Å². The van der Waals surface area contributed by atoms with Gasteiger partial charge in [-0.05, 0) is 50.7 Å². The van der Waals surface area contributed by atoms with Crippen molar-refractivity contribution in [3.8, 4) is 5.75 Å². The van der Waals surface area contributed by atoms with E-state index in [1.54, 1.807) is 7.11 Å². The Hall–Kier alpha value is -2.01. The lowest BCUT2D eigenvalue weighted by atomic mass is 10.1. The normalized spacial score (nSPS) is 11.3. The zero-order valence-corrected chi connectivity index (χ0v) is 13.5. The lowest BCUT2D eigenvalue weighted by Gasteiger charge is -2.08. The van der Waals surface area contributed by atoms with Crippen LogP contribution in [0.2, 0.25) is 0 Å². The van der Waals surface area contributed by atoms with Gasteiger partial charge in [0.15, 0.2) is 0 Å². The molecule has 2 aromatic rings. The van der Waals surface area contributed by atoms with Gasteiger partial charge < -0.3 is 19.3 Å². The maximum Gasteiger partial charge on any atom is 0.303 e. The number of carboxylic acids is 1. The molecule has 1 heterocycles. The smallest absolute Gasteiger partial charge is 0.303 e. The van der Waals surface area contributed by atoms with Crippen molar-refractivity contribution in [3.63, 3.8) is 0 Å². The monoisotopic (exact) mass is 304 g/mol. The molecule has 0 atom stereocenters. The fraction of sp³-hybridized carbons (Fsp3) is 0.471. The van der Waals surface area contributed by atoms with E-state index in [4.69, 9.17) is 9.84 Å². The van der Waals surface area contributed by atoms with Crippen LogP contribution in [0.5, 0.6) is 5.75 Å². The van der Waals surface area contributed by atoms with Crippen molar-refractivity contribution in [3.05, 3.63) is 30.0 Å². The van der Waals surface area contributed by atoms with Crippen molar-refractivity contribution < 1.29 is 14.6 Å². The van der Waals surface area contributed by atoms with Gasteiger partial charge in [0.1, 0.15) is 5.75 Å². The molecule has 5 heteroatoms. The van der Waals surface area contributed by atoms with Crippen LogP contribution in [-0.2, 0) is 17.8 Å². The Bertz CT molecular complexity index is 647. The van der Waals surface area contributed by atoms with Crippen molar-refractivity contribution in [2.75, 3.05) is 27.7 Å². The number of nitrogens with zero attached hydrogens (tertiary/aromatic N) is 2. The first-order valence-electron chi connectivity index (χ1n) is 7.53. The average molecular weight is 304 g/mol. The fourth-order valence-electron chi connectivity index (χ4n) is 2.61. The summed E-state index contributed by atoms with van der Waals surface area (Å²) in [5.74, 6) is 0.104. The Labute approximate surface area is 131 Å². The van der Waals surface area contributed by atoms with Crippen LogP contribution in [0.3, 0.4) is 0 Å². The predicted molar refractivity (Wildman–Crippen MR) is 87.6 cm³/mol. The predicted octanol–water partition coefficient (Wildman–Crippen LogP) is 2.62. The van der Waals surface area contributed by atoms with Crippen LogP contribution >= 0.6 is 0 Å². The summed E-state index contributed by atoms with van der Waals surface area (Å²) in [5, 5.41) is 9.98. The summed E-state index contributed by atoms with van der Waals surface area (Å²) in [6.45, 7) is 1.70. The summed E-state index contributed by atoms with van der Waals surface area (Å²) in [6.07, 6.45) is 3.94. The standard InChI is InChI=1S/C17H24N2O3/c1-18(2)10-8-13-12-19(9-4-5-17(20)21)16-7-6-14(22-3)11-15(13)16/h6-7,11-12H,4-5,8-10H2,1-3H3,(H,20,21). The Kier molecular flexibility index (Phi) is 5.44. The summed E-state index contributed by atoms with van der Waals surface area (Å²) in [7, 11) is 5.80. The first kappa shape index (κ1) is 16.4. The van der Waals surface area contributed by atoms with Crippen molar-refractivity contribution in [2.45, 2.75) is 25.8 Å². The van der Waals surface area contributed by atoms with E-state index in [1.165, 1.54) is 10.9 Å². The highest BCUT2D eigenvalue weighted by molar-refractivity contribution is 5.85. The van der Waals surface area contributed by atoms with E-state index in [9.17, 15) is 4.79 Å². The quantitative estimate of drug-likeness (QED) is 0.814. The number of benzene rings is 1. The number of carbonyl (C=O) groups is 1. The molecule has 0 aliphatic carbocycles. The minimum absolute atomic E-state index is 0.197. The number of ether oxygens (including phenoxy) is 1. The molecule has 22 heavy (non-hydrogen) atoms. The number of fused-ring (bicyclic) bond motifs is 1. The zero-order chi connectivity index (χ0) is 16.1. The van der Waals surface area contributed by atoms with Crippen LogP contribution in [0.4, 0.5) is 0 Å². The second-order valence-corrected chi connectivity index (χ2v) is 5.78. The molecule has 1 N–H and O–H groups in total. The molecule has 0 aliphatic heterocycles. The Morgan fingerprint density at radius 1 is 1.36 bits per heavy atom. The molecule has 5 nitrogen and oxygen atoms in total. The number of hydrogen-bond donors (Lipinski definition) is 1. The molecule has 120 valence electrons. The van der Waals surface area contributed by atoms with Gasteiger partial charge in [-0.25, -0.2) is 0 Å². The van der Waals surface area contributed by atoms with Crippen LogP contribution in [0.25, 0.3) is 10.9 Å². The second-order valence-electron chi connectivity index (χ2n) is 5.78. The van der Waals surface area contributed by atoms with E-state index in [0.717, 1.165) is 30.8 Å². The van der Waals surface area contributed by atoms with Crippen molar-refractivity contribution >= 4 is 16.9 Å². The average Bonchev–Trinajstić information content (AvgIpc) is 2.82. The Morgan fingerprint density at radius 2 is 2.14 bits per heavy atom. The third kappa shape index (κ3) is 4.01. The summed E-state index contributed by atoms with van der Waals surface area (Å²) < 4.78 is 7.48. The summed E-state index contributed by atoms with van der Waals surface area (Å²) in [4.78, 5) is 12.8. The fourth-order valence-corrected chi connectivity index (χ4v) is 2.61.